The third-order valence-corrected chi connectivity index (χ3v) is 2.14. The SMILES string of the molecule is CCC[C@H](C#N)NC(=O)[C@@H]1CNC(=O)N1. The minimum absolute atomic E-state index is 0.273. The summed E-state index contributed by atoms with van der Waals surface area (Å²) >= 11 is 0. The molecule has 0 spiro atoms. The molecule has 1 heterocycles. The van der Waals surface area contributed by atoms with E-state index in [1.54, 1.807) is 0 Å². The zero-order valence-electron chi connectivity index (χ0n) is 8.54. The summed E-state index contributed by atoms with van der Waals surface area (Å²) in [6.07, 6.45) is 1.45. The van der Waals surface area contributed by atoms with E-state index in [4.69, 9.17) is 5.26 Å². The molecule has 0 aromatic carbocycles. The number of nitrogens with one attached hydrogen (secondary N) is 3. The van der Waals surface area contributed by atoms with Gasteiger partial charge in [0.2, 0.25) is 5.91 Å². The van der Waals surface area contributed by atoms with E-state index in [0.717, 1.165) is 6.42 Å². The highest BCUT2D eigenvalue weighted by molar-refractivity contribution is 5.90. The average molecular weight is 210 g/mol. The van der Waals surface area contributed by atoms with Crippen LogP contribution in [0.15, 0.2) is 0 Å². The lowest BCUT2D eigenvalue weighted by Crippen LogP contribution is -2.46. The van der Waals surface area contributed by atoms with Gasteiger partial charge in [0, 0.05) is 6.54 Å². The van der Waals surface area contributed by atoms with Crippen molar-refractivity contribution in [2.75, 3.05) is 6.54 Å². The molecule has 1 saturated heterocycles. The second kappa shape index (κ2) is 5.20. The quantitative estimate of drug-likeness (QED) is 0.582. The largest absolute Gasteiger partial charge is 0.339 e. The normalized spacial score (nSPS) is 21.1. The number of carbonyl (C=O) groups is 2. The lowest BCUT2D eigenvalue weighted by Gasteiger charge is -2.13. The highest BCUT2D eigenvalue weighted by Crippen LogP contribution is 1.97. The second-order valence-electron chi connectivity index (χ2n) is 3.39. The molecule has 3 amide bonds. The van der Waals surface area contributed by atoms with Crippen LogP contribution < -0.4 is 16.0 Å². The van der Waals surface area contributed by atoms with Gasteiger partial charge < -0.3 is 16.0 Å². The lowest BCUT2D eigenvalue weighted by molar-refractivity contribution is -0.122. The van der Waals surface area contributed by atoms with E-state index in [-0.39, 0.29) is 18.5 Å². The highest BCUT2D eigenvalue weighted by Gasteiger charge is 2.27. The smallest absolute Gasteiger partial charge is 0.315 e. The van der Waals surface area contributed by atoms with Crippen molar-refractivity contribution in [2.45, 2.75) is 31.8 Å². The van der Waals surface area contributed by atoms with E-state index in [1.807, 2.05) is 13.0 Å². The van der Waals surface area contributed by atoms with Crippen molar-refractivity contribution in [1.29, 1.82) is 5.26 Å². The summed E-state index contributed by atoms with van der Waals surface area (Å²) in [6.45, 7) is 2.21. The zero-order chi connectivity index (χ0) is 11.3. The fourth-order valence-corrected chi connectivity index (χ4v) is 1.34. The van der Waals surface area contributed by atoms with Crippen LogP contribution in [-0.2, 0) is 4.79 Å². The third kappa shape index (κ3) is 3.13. The molecule has 0 aliphatic carbocycles. The number of nitrogens with zero attached hydrogens (tertiary/aromatic N) is 1. The van der Waals surface area contributed by atoms with Crippen molar-refractivity contribution in [3.63, 3.8) is 0 Å². The molecule has 3 N–H and O–H groups in total. The maximum absolute atomic E-state index is 11.5. The highest BCUT2D eigenvalue weighted by atomic mass is 16.2. The Morgan fingerprint density at radius 2 is 2.53 bits per heavy atom. The number of amides is 3. The molecule has 15 heavy (non-hydrogen) atoms. The van der Waals surface area contributed by atoms with E-state index in [0.29, 0.717) is 6.42 Å². The summed E-state index contributed by atoms with van der Waals surface area (Å²) in [5.74, 6) is -0.312. The van der Waals surface area contributed by atoms with E-state index >= 15 is 0 Å². The molecule has 0 aromatic rings. The first kappa shape index (κ1) is 11.3. The number of hydrogen-bond donors (Lipinski definition) is 3. The van der Waals surface area contributed by atoms with Gasteiger partial charge in [0.25, 0.3) is 0 Å². The first-order chi connectivity index (χ1) is 7.17. The Morgan fingerprint density at radius 1 is 1.80 bits per heavy atom. The minimum atomic E-state index is -0.565. The summed E-state index contributed by atoms with van der Waals surface area (Å²) in [5, 5.41) is 16.2. The minimum Gasteiger partial charge on any atom is -0.339 e. The predicted octanol–water partition coefficient (Wildman–Crippen LogP) is -0.524. The summed E-state index contributed by atoms with van der Waals surface area (Å²) < 4.78 is 0. The van der Waals surface area contributed by atoms with Crippen molar-refractivity contribution in [1.82, 2.24) is 16.0 Å². The van der Waals surface area contributed by atoms with Crippen LogP contribution in [0.5, 0.6) is 0 Å². The molecular weight excluding hydrogens is 196 g/mol. The zero-order valence-corrected chi connectivity index (χ0v) is 8.54. The molecule has 6 heteroatoms. The maximum Gasteiger partial charge on any atom is 0.315 e. The van der Waals surface area contributed by atoms with Crippen LogP contribution in [0.1, 0.15) is 19.8 Å². The third-order valence-electron chi connectivity index (χ3n) is 2.14. The van der Waals surface area contributed by atoms with Crippen molar-refractivity contribution < 1.29 is 9.59 Å². The van der Waals surface area contributed by atoms with Crippen molar-refractivity contribution in [2.24, 2.45) is 0 Å². The summed E-state index contributed by atoms with van der Waals surface area (Å²) in [6, 6.07) is 0.619. The topological polar surface area (TPSA) is 94.0 Å². The fraction of sp³-hybridized carbons (Fsp3) is 0.667. The number of rotatable bonds is 4. The van der Waals surface area contributed by atoms with Gasteiger partial charge in [-0.05, 0) is 6.42 Å². The van der Waals surface area contributed by atoms with E-state index in [9.17, 15) is 9.59 Å². The van der Waals surface area contributed by atoms with Gasteiger partial charge in [0.05, 0.1) is 6.07 Å². The Bertz CT molecular complexity index is 297. The van der Waals surface area contributed by atoms with Crippen molar-refractivity contribution in [3.05, 3.63) is 0 Å². The van der Waals surface area contributed by atoms with E-state index < -0.39 is 12.1 Å². The molecule has 1 rings (SSSR count). The Kier molecular flexibility index (Phi) is 3.92. The van der Waals surface area contributed by atoms with Crippen LogP contribution in [0.2, 0.25) is 0 Å². The Morgan fingerprint density at radius 3 is 3.00 bits per heavy atom. The second-order valence-corrected chi connectivity index (χ2v) is 3.39. The summed E-state index contributed by atoms with van der Waals surface area (Å²) in [5.41, 5.74) is 0. The Labute approximate surface area is 88.0 Å². The van der Waals surface area contributed by atoms with Gasteiger partial charge in [-0.1, -0.05) is 13.3 Å². The lowest BCUT2D eigenvalue weighted by atomic mass is 10.1. The van der Waals surface area contributed by atoms with Crippen LogP contribution >= 0.6 is 0 Å². The van der Waals surface area contributed by atoms with Gasteiger partial charge in [-0.25, -0.2) is 4.79 Å². The fourth-order valence-electron chi connectivity index (χ4n) is 1.34. The van der Waals surface area contributed by atoms with Crippen LogP contribution in [0.3, 0.4) is 0 Å². The van der Waals surface area contributed by atoms with Crippen molar-refractivity contribution >= 4 is 11.9 Å². The van der Waals surface area contributed by atoms with Gasteiger partial charge in [0.15, 0.2) is 0 Å². The molecule has 0 unspecified atom stereocenters. The molecule has 0 saturated carbocycles. The van der Waals surface area contributed by atoms with Crippen LogP contribution in [0.25, 0.3) is 0 Å². The number of carbonyl (C=O) groups excluding carboxylic acids is 2. The molecular formula is C9H14N4O2. The first-order valence-corrected chi connectivity index (χ1v) is 4.91. The molecule has 1 fully saturated rings. The summed E-state index contributed by atoms with van der Waals surface area (Å²) in [4.78, 5) is 22.3. The standard InChI is InChI=1S/C9H14N4O2/c1-2-3-6(4-10)12-8(14)7-5-11-9(15)13-7/h6-7H,2-3,5H2,1H3,(H,12,14)(H2,11,13,15)/t6-,7+/m1/s1. The molecule has 0 radical (unpaired) electrons. The van der Waals surface area contributed by atoms with Crippen LogP contribution in [-0.4, -0.2) is 30.6 Å². The van der Waals surface area contributed by atoms with Gasteiger partial charge in [0.1, 0.15) is 12.1 Å². The molecule has 0 aromatic heterocycles. The van der Waals surface area contributed by atoms with Gasteiger partial charge >= 0.3 is 6.03 Å². The number of urea groups is 1. The van der Waals surface area contributed by atoms with Crippen LogP contribution in [0.4, 0.5) is 4.79 Å². The molecule has 1 aliphatic rings. The van der Waals surface area contributed by atoms with Crippen molar-refractivity contribution in [3.8, 4) is 6.07 Å². The molecule has 6 nitrogen and oxygen atoms in total. The molecule has 82 valence electrons. The van der Waals surface area contributed by atoms with Gasteiger partial charge in [-0.3, -0.25) is 4.79 Å². The molecule has 1 aliphatic heterocycles. The first-order valence-electron chi connectivity index (χ1n) is 4.91. The summed E-state index contributed by atoms with van der Waals surface area (Å²) in [7, 11) is 0. The Hall–Kier alpha value is -1.77. The van der Waals surface area contributed by atoms with E-state index in [2.05, 4.69) is 16.0 Å². The number of nitriles is 1. The molecule has 2 atom stereocenters. The maximum atomic E-state index is 11.5. The average Bonchev–Trinajstić information content (AvgIpc) is 2.64. The number of hydrogen-bond acceptors (Lipinski definition) is 3. The Balaban J connectivity index is 2.41. The molecule has 0 bridgehead atoms. The van der Waals surface area contributed by atoms with Gasteiger partial charge in [-0.15, -0.1) is 0 Å². The van der Waals surface area contributed by atoms with Gasteiger partial charge in [-0.2, -0.15) is 5.26 Å². The monoisotopic (exact) mass is 210 g/mol. The predicted molar refractivity (Wildman–Crippen MR) is 52.8 cm³/mol. The van der Waals surface area contributed by atoms with Crippen LogP contribution in [0, 0.1) is 11.3 Å². The van der Waals surface area contributed by atoms with E-state index in [1.165, 1.54) is 0 Å².